The van der Waals surface area contributed by atoms with Crippen LogP contribution in [0.3, 0.4) is 0 Å². The topological polar surface area (TPSA) is 49.6 Å². The van der Waals surface area contributed by atoms with Crippen LogP contribution in [0.1, 0.15) is 37.0 Å². The fourth-order valence-corrected chi connectivity index (χ4v) is 3.42. The van der Waals surface area contributed by atoms with Crippen molar-refractivity contribution >= 4 is 27.5 Å². The second-order valence-electron chi connectivity index (χ2n) is 5.48. The van der Waals surface area contributed by atoms with Crippen LogP contribution in [-0.4, -0.2) is 47.9 Å². The normalized spacial score (nSPS) is 16.5. The molecule has 0 saturated carbocycles. The molecule has 2 N–H and O–H groups in total. The zero-order chi connectivity index (χ0) is 15.4. The molecule has 2 rings (SSSR count). The molecule has 21 heavy (non-hydrogen) atoms. The molecule has 1 aromatic carbocycles. The number of rotatable bonds is 4. The number of halogens is 1. The van der Waals surface area contributed by atoms with Crippen molar-refractivity contribution in [2.75, 3.05) is 31.9 Å². The second kappa shape index (κ2) is 7.27. The van der Waals surface area contributed by atoms with E-state index in [1.165, 1.54) is 0 Å². The summed E-state index contributed by atoms with van der Waals surface area (Å²) in [5.41, 5.74) is 7.09. The van der Waals surface area contributed by atoms with Crippen molar-refractivity contribution in [1.29, 1.82) is 0 Å². The van der Waals surface area contributed by atoms with Crippen LogP contribution in [0, 0.1) is 0 Å². The zero-order valence-corrected chi connectivity index (χ0v) is 14.4. The lowest BCUT2D eigenvalue weighted by Gasteiger charge is -2.37. The van der Waals surface area contributed by atoms with E-state index in [0.29, 0.717) is 17.3 Å². The first kappa shape index (κ1) is 16.3. The van der Waals surface area contributed by atoms with E-state index >= 15 is 0 Å². The Hall–Kier alpha value is -1.07. The Bertz CT molecular complexity index is 494. The molecule has 0 aromatic heterocycles. The van der Waals surface area contributed by atoms with Crippen LogP contribution in [0.4, 0.5) is 5.69 Å². The molecule has 0 unspecified atom stereocenters. The number of nitrogens with zero attached hydrogens (tertiary/aromatic N) is 2. The Labute approximate surface area is 135 Å². The van der Waals surface area contributed by atoms with Crippen LogP contribution in [0.15, 0.2) is 22.7 Å². The first-order chi connectivity index (χ1) is 10.1. The number of carbonyl (C=O) groups is 1. The van der Waals surface area contributed by atoms with Crippen molar-refractivity contribution in [1.82, 2.24) is 9.80 Å². The third-order valence-electron chi connectivity index (χ3n) is 4.33. The van der Waals surface area contributed by atoms with Gasteiger partial charge < -0.3 is 15.5 Å². The lowest BCUT2D eigenvalue weighted by molar-refractivity contribution is 0.0632. The largest absolute Gasteiger partial charge is 0.398 e. The molecule has 0 radical (unpaired) electrons. The molecular weight excluding hydrogens is 330 g/mol. The Kier molecular flexibility index (Phi) is 5.65. The SMILES string of the molecule is CCN(CC)C1CCN(C(=O)c2cc(Br)ccc2N)CC1. The number of likely N-dealkylation sites (tertiary alicyclic amines) is 1. The molecule has 1 saturated heterocycles. The van der Waals surface area contributed by atoms with Gasteiger partial charge in [-0.2, -0.15) is 0 Å². The van der Waals surface area contributed by atoms with Crippen molar-refractivity contribution in [3.8, 4) is 0 Å². The predicted octanol–water partition coefficient (Wildman–Crippen LogP) is 2.98. The minimum absolute atomic E-state index is 0.0480. The number of amides is 1. The van der Waals surface area contributed by atoms with Gasteiger partial charge in [0.05, 0.1) is 5.56 Å². The molecule has 5 heteroatoms. The van der Waals surface area contributed by atoms with Gasteiger partial charge in [0.2, 0.25) is 0 Å². The number of carbonyl (C=O) groups excluding carboxylic acids is 1. The summed E-state index contributed by atoms with van der Waals surface area (Å²) in [6, 6.07) is 6.05. The summed E-state index contributed by atoms with van der Waals surface area (Å²) in [6.07, 6.45) is 2.09. The van der Waals surface area contributed by atoms with Gasteiger partial charge in [0.15, 0.2) is 0 Å². The number of hydrogen-bond acceptors (Lipinski definition) is 3. The van der Waals surface area contributed by atoms with Crippen LogP contribution >= 0.6 is 15.9 Å². The highest BCUT2D eigenvalue weighted by atomic mass is 79.9. The Morgan fingerprint density at radius 3 is 2.52 bits per heavy atom. The summed E-state index contributed by atoms with van der Waals surface area (Å²) in [6.45, 7) is 8.17. The van der Waals surface area contributed by atoms with E-state index in [0.717, 1.165) is 43.5 Å². The van der Waals surface area contributed by atoms with Gasteiger partial charge in [0, 0.05) is 29.3 Å². The number of anilines is 1. The van der Waals surface area contributed by atoms with Crippen LogP contribution in [0.2, 0.25) is 0 Å². The summed E-state index contributed by atoms with van der Waals surface area (Å²) in [4.78, 5) is 17.0. The van der Waals surface area contributed by atoms with Gasteiger partial charge in [-0.05, 0) is 44.1 Å². The lowest BCUT2D eigenvalue weighted by Crippen LogP contribution is -2.46. The van der Waals surface area contributed by atoms with E-state index in [-0.39, 0.29) is 5.91 Å². The van der Waals surface area contributed by atoms with Crippen molar-refractivity contribution in [3.05, 3.63) is 28.2 Å². The van der Waals surface area contributed by atoms with E-state index in [4.69, 9.17) is 5.73 Å². The highest BCUT2D eigenvalue weighted by Gasteiger charge is 2.26. The third kappa shape index (κ3) is 3.77. The maximum Gasteiger partial charge on any atom is 0.255 e. The predicted molar refractivity (Wildman–Crippen MR) is 90.4 cm³/mol. The second-order valence-corrected chi connectivity index (χ2v) is 6.39. The third-order valence-corrected chi connectivity index (χ3v) is 4.82. The first-order valence-electron chi connectivity index (χ1n) is 7.65. The molecule has 1 fully saturated rings. The van der Waals surface area contributed by atoms with Crippen molar-refractivity contribution in [2.24, 2.45) is 0 Å². The van der Waals surface area contributed by atoms with Crippen LogP contribution in [0.5, 0.6) is 0 Å². The number of piperidine rings is 1. The molecule has 0 aliphatic carbocycles. The minimum Gasteiger partial charge on any atom is -0.398 e. The van der Waals surface area contributed by atoms with E-state index in [1.807, 2.05) is 17.0 Å². The van der Waals surface area contributed by atoms with E-state index in [2.05, 4.69) is 34.7 Å². The molecule has 1 heterocycles. The molecular formula is C16H24BrN3O. The highest BCUT2D eigenvalue weighted by molar-refractivity contribution is 9.10. The molecule has 0 spiro atoms. The van der Waals surface area contributed by atoms with Gasteiger partial charge >= 0.3 is 0 Å². The standard InChI is InChI=1S/C16H24BrN3O/c1-3-19(4-2)13-7-9-20(10-8-13)16(21)14-11-12(17)5-6-15(14)18/h5-6,11,13H,3-4,7-10,18H2,1-2H3. The van der Waals surface area contributed by atoms with E-state index in [9.17, 15) is 4.79 Å². The molecule has 1 amide bonds. The smallest absolute Gasteiger partial charge is 0.255 e. The average molecular weight is 354 g/mol. The number of hydrogen-bond donors (Lipinski definition) is 1. The minimum atomic E-state index is 0.0480. The van der Waals surface area contributed by atoms with E-state index < -0.39 is 0 Å². The molecule has 1 aliphatic heterocycles. The maximum atomic E-state index is 12.6. The molecule has 4 nitrogen and oxygen atoms in total. The molecule has 1 aromatic rings. The van der Waals surface area contributed by atoms with Gasteiger partial charge in [-0.15, -0.1) is 0 Å². The molecule has 1 aliphatic rings. The molecule has 0 atom stereocenters. The van der Waals surface area contributed by atoms with Gasteiger partial charge in [-0.1, -0.05) is 29.8 Å². The fourth-order valence-electron chi connectivity index (χ4n) is 3.06. The van der Waals surface area contributed by atoms with E-state index in [1.54, 1.807) is 6.07 Å². The number of benzene rings is 1. The monoisotopic (exact) mass is 353 g/mol. The van der Waals surface area contributed by atoms with Gasteiger partial charge in [0.1, 0.15) is 0 Å². The quantitative estimate of drug-likeness (QED) is 0.846. The summed E-state index contributed by atoms with van der Waals surface area (Å²) in [7, 11) is 0. The molecule has 116 valence electrons. The van der Waals surface area contributed by atoms with Crippen molar-refractivity contribution < 1.29 is 4.79 Å². The Balaban J connectivity index is 2.02. The summed E-state index contributed by atoms with van der Waals surface area (Å²) in [5.74, 6) is 0.0480. The summed E-state index contributed by atoms with van der Waals surface area (Å²) >= 11 is 3.40. The van der Waals surface area contributed by atoms with Crippen LogP contribution < -0.4 is 5.73 Å². The van der Waals surface area contributed by atoms with Crippen LogP contribution in [-0.2, 0) is 0 Å². The highest BCUT2D eigenvalue weighted by Crippen LogP contribution is 2.23. The maximum absolute atomic E-state index is 12.6. The summed E-state index contributed by atoms with van der Waals surface area (Å²) < 4.78 is 0.887. The van der Waals surface area contributed by atoms with Crippen molar-refractivity contribution in [2.45, 2.75) is 32.7 Å². The fraction of sp³-hybridized carbons (Fsp3) is 0.562. The van der Waals surface area contributed by atoms with Gasteiger partial charge in [0.25, 0.3) is 5.91 Å². The van der Waals surface area contributed by atoms with Gasteiger partial charge in [-0.25, -0.2) is 0 Å². The number of nitrogen functional groups attached to an aromatic ring is 1. The number of nitrogens with two attached hydrogens (primary N) is 1. The Morgan fingerprint density at radius 2 is 1.95 bits per heavy atom. The zero-order valence-electron chi connectivity index (χ0n) is 12.8. The molecule has 0 bridgehead atoms. The average Bonchev–Trinajstić information content (AvgIpc) is 2.51. The Morgan fingerprint density at radius 1 is 1.33 bits per heavy atom. The van der Waals surface area contributed by atoms with Crippen molar-refractivity contribution in [3.63, 3.8) is 0 Å². The summed E-state index contributed by atoms with van der Waals surface area (Å²) in [5, 5.41) is 0. The lowest BCUT2D eigenvalue weighted by atomic mass is 10.0. The first-order valence-corrected chi connectivity index (χ1v) is 8.44. The van der Waals surface area contributed by atoms with Gasteiger partial charge in [-0.3, -0.25) is 4.79 Å². The van der Waals surface area contributed by atoms with Crippen LogP contribution in [0.25, 0.3) is 0 Å².